The Morgan fingerprint density at radius 1 is 1.02 bits per heavy atom. The van der Waals surface area contributed by atoms with E-state index in [0.29, 0.717) is 22.5 Å². The lowest BCUT2D eigenvalue weighted by Gasteiger charge is -2.20. The summed E-state index contributed by atoms with van der Waals surface area (Å²) < 4.78 is 0. The molecule has 216 valence electrons. The van der Waals surface area contributed by atoms with Crippen molar-refractivity contribution in [3.05, 3.63) is 75.4 Å². The van der Waals surface area contributed by atoms with Crippen LogP contribution in [0.3, 0.4) is 0 Å². The number of Topliss-reactive ketones (excluding diaryl/α,β-unsaturated/α-hetero) is 1. The molecule has 1 aliphatic heterocycles. The van der Waals surface area contributed by atoms with Crippen molar-refractivity contribution in [3.8, 4) is 0 Å². The minimum Gasteiger partial charge on any atom is -0.317 e. The molecule has 2 aliphatic rings. The summed E-state index contributed by atoms with van der Waals surface area (Å²) >= 11 is 5.98. The first-order valence-corrected chi connectivity index (χ1v) is 15.3. The van der Waals surface area contributed by atoms with Gasteiger partial charge in [-0.15, -0.1) is 0 Å². The largest absolute Gasteiger partial charge is 0.317 e. The molecular weight excluding hydrogens is 518 g/mol. The maximum Gasteiger partial charge on any atom is 0.162 e. The van der Waals surface area contributed by atoms with Crippen molar-refractivity contribution in [2.24, 2.45) is 0 Å². The number of nitrogens with one attached hydrogen (secondary N) is 1. The van der Waals surface area contributed by atoms with Crippen molar-refractivity contribution in [2.45, 2.75) is 84.6 Å². The molecule has 0 amide bonds. The molecule has 0 unspecified atom stereocenters. The number of halogens is 1. The minimum absolute atomic E-state index is 0.289. The molecule has 40 heavy (non-hydrogen) atoms. The minimum atomic E-state index is 0.289. The summed E-state index contributed by atoms with van der Waals surface area (Å²) in [5.74, 6) is 0.289. The number of fused-ring (bicyclic) bond motifs is 2. The Bertz CT molecular complexity index is 1250. The number of aldehydes is 1. The van der Waals surface area contributed by atoms with Crippen molar-refractivity contribution in [1.29, 1.82) is 0 Å². The maximum absolute atomic E-state index is 11.9. The van der Waals surface area contributed by atoms with E-state index >= 15 is 0 Å². The lowest BCUT2D eigenvalue weighted by atomic mass is 9.96. The Morgan fingerprint density at radius 3 is 2.38 bits per heavy atom. The summed E-state index contributed by atoms with van der Waals surface area (Å²) in [5, 5.41) is 4.69. The van der Waals surface area contributed by atoms with E-state index in [0.717, 1.165) is 67.9 Å². The van der Waals surface area contributed by atoms with Gasteiger partial charge in [-0.2, -0.15) is 0 Å². The Hall–Kier alpha value is -2.60. The second-order valence-corrected chi connectivity index (χ2v) is 11.2. The van der Waals surface area contributed by atoms with Crippen LogP contribution in [-0.4, -0.2) is 54.7 Å². The molecular formula is C34H46ClN3O2. The number of hydrogen-bond donors (Lipinski definition) is 1. The molecule has 5 rings (SSSR count). The molecule has 6 heteroatoms. The first kappa shape index (κ1) is 31.9. The average Bonchev–Trinajstić information content (AvgIpc) is 3.20. The first-order chi connectivity index (χ1) is 19.4. The normalized spacial score (nSPS) is 15.6. The molecule has 1 saturated carbocycles. The highest BCUT2D eigenvalue weighted by Crippen LogP contribution is 2.24. The van der Waals surface area contributed by atoms with Crippen LogP contribution in [0.15, 0.2) is 42.5 Å². The number of benzene rings is 2. The summed E-state index contributed by atoms with van der Waals surface area (Å²) in [4.78, 5) is 29.4. The number of pyridine rings is 1. The number of likely N-dealkylation sites (N-methyl/N-ethyl adjacent to an activating group) is 1. The van der Waals surface area contributed by atoms with Crippen LogP contribution in [-0.2, 0) is 12.8 Å². The van der Waals surface area contributed by atoms with Crippen LogP contribution in [0, 0.1) is 6.92 Å². The van der Waals surface area contributed by atoms with Crippen molar-refractivity contribution in [3.63, 3.8) is 0 Å². The highest BCUT2D eigenvalue weighted by atomic mass is 35.5. The monoisotopic (exact) mass is 563 g/mol. The Kier molecular flexibility index (Phi) is 13.3. The van der Waals surface area contributed by atoms with E-state index in [-0.39, 0.29) is 5.78 Å². The third-order valence-electron chi connectivity index (χ3n) is 7.97. The van der Waals surface area contributed by atoms with Crippen LogP contribution >= 0.6 is 11.6 Å². The van der Waals surface area contributed by atoms with E-state index in [1.165, 1.54) is 43.2 Å². The van der Waals surface area contributed by atoms with E-state index < -0.39 is 0 Å². The van der Waals surface area contributed by atoms with Crippen molar-refractivity contribution < 1.29 is 9.59 Å². The van der Waals surface area contributed by atoms with Gasteiger partial charge in [0.05, 0.1) is 10.5 Å². The third kappa shape index (κ3) is 9.22. The molecule has 0 spiro atoms. The average molecular weight is 564 g/mol. The van der Waals surface area contributed by atoms with E-state index in [1.54, 1.807) is 12.1 Å². The van der Waals surface area contributed by atoms with Gasteiger partial charge in [0, 0.05) is 47.8 Å². The van der Waals surface area contributed by atoms with Gasteiger partial charge < -0.3 is 10.2 Å². The third-order valence-corrected chi connectivity index (χ3v) is 8.27. The lowest BCUT2D eigenvalue weighted by Crippen LogP contribution is -2.26. The van der Waals surface area contributed by atoms with Gasteiger partial charge in [0.1, 0.15) is 0 Å². The SMILES string of the molecule is CCCC(=O)c1ccc2c(c1)CCN(CC)CC2.CNC1CCCCC1.Cc1ccc2c(C=O)ccc(Cl)c2n1. The number of aromatic nitrogens is 1. The van der Waals surface area contributed by atoms with Gasteiger partial charge in [0.15, 0.2) is 12.1 Å². The summed E-state index contributed by atoms with van der Waals surface area (Å²) in [6.07, 6.45) is 11.7. The predicted molar refractivity (Wildman–Crippen MR) is 168 cm³/mol. The Morgan fingerprint density at radius 2 is 1.75 bits per heavy atom. The summed E-state index contributed by atoms with van der Waals surface area (Å²) in [6, 6.07) is 14.3. The van der Waals surface area contributed by atoms with Crippen molar-refractivity contribution in [1.82, 2.24) is 15.2 Å². The van der Waals surface area contributed by atoms with Crippen LogP contribution in [0.5, 0.6) is 0 Å². The van der Waals surface area contributed by atoms with Crippen LogP contribution in [0.2, 0.25) is 5.02 Å². The van der Waals surface area contributed by atoms with Gasteiger partial charge in [-0.05, 0) is 88.0 Å². The molecule has 0 saturated heterocycles. The van der Waals surface area contributed by atoms with Crippen molar-refractivity contribution >= 4 is 34.6 Å². The van der Waals surface area contributed by atoms with E-state index in [9.17, 15) is 9.59 Å². The predicted octanol–water partition coefficient (Wildman–Crippen LogP) is 7.64. The summed E-state index contributed by atoms with van der Waals surface area (Å²) in [6.45, 7) is 9.55. The van der Waals surface area contributed by atoms with Crippen LogP contribution in [0.4, 0.5) is 0 Å². The lowest BCUT2D eigenvalue weighted by molar-refractivity contribution is 0.0981. The fourth-order valence-electron chi connectivity index (χ4n) is 5.43. The van der Waals surface area contributed by atoms with Crippen LogP contribution in [0.25, 0.3) is 10.9 Å². The van der Waals surface area contributed by atoms with Crippen molar-refractivity contribution in [2.75, 3.05) is 26.7 Å². The standard InChI is InChI=1S/C16H23NO.C11H8ClNO.C7H15N/c1-3-5-16(18)15-7-6-13-8-10-17(4-2)11-9-14(13)12-15;1-7-2-4-9-8(6-14)3-5-10(12)11(9)13-7;1-8-7-5-3-2-4-6-7/h6-7,12H,3-5,8-11H2,1-2H3;2-6H,1H3;7-8H,2-6H2,1H3. The molecule has 0 radical (unpaired) electrons. The number of carbonyl (C=O) groups is 2. The molecule has 1 fully saturated rings. The fourth-order valence-corrected chi connectivity index (χ4v) is 5.64. The maximum atomic E-state index is 11.9. The molecule has 0 bridgehead atoms. The Labute approximate surface area is 245 Å². The van der Waals surface area contributed by atoms with Gasteiger partial charge >= 0.3 is 0 Å². The van der Waals surface area contributed by atoms with E-state index in [1.807, 2.05) is 25.1 Å². The van der Waals surface area contributed by atoms with Gasteiger partial charge in [-0.1, -0.05) is 62.9 Å². The smallest absolute Gasteiger partial charge is 0.162 e. The van der Waals surface area contributed by atoms with Gasteiger partial charge in [-0.3, -0.25) is 14.6 Å². The Balaban J connectivity index is 0.000000178. The molecule has 1 aromatic heterocycles. The zero-order valence-electron chi connectivity index (χ0n) is 24.8. The molecule has 2 aromatic carbocycles. The van der Waals surface area contributed by atoms with E-state index in [4.69, 9.17) is 11.6 Å². The molecule has 1 N–H and O–H groups in total. The second kappa shape index (κ2) is 16.6. The molecule has 0 atom stereocenters. The number of ketones is 1. The number of nitrogens with zero attached hydrogens (tertiary/aromatic N) is 2. The highest BCUT2D eigenvalue weighted by Gasteiger charge is 2.15. The zero-order valence-corrected chi connectivity index (χ0v) is 25.5. The quantitative estimate of drug-likeness (QED) is 0.247. The number of aryl methyl sites for hydroxylation is 1. The van der Waals surface area contributed by atoms with E-state index in [2.05, 4.69) is 48.2 Å². The highest BCUT2D eigenvalue weighted by molar-refractivity contribution is 6.35. The molecule has 5 nitrogen and oxygen atoms in total. The first-order valence-electron chi connectivity index (χ1n) is 15.0. The van der Waals surface area contributed by atoms with Gasteiger partial charge in [-0.25, -0.2) is 0 Å². The fraction of sp³-hybridized carbons (Fsp3) is 0.500. The topological polar surface area (TPSA) is 62.3 Å². The summed E-state index contributed by atoms with van der Waals surface area (Å²) in [7, 11) is 2.07. The summed E-state index contributed by atoms with van der Waals surface area (Å²) in [5.41, 5.74) is 5.92. The molecule has 2 heterocycles. The number of hydrogen-bond acceptors (Lipinski definition) is 5. The van der Waals surface area contributed by atoms with Crippen LogP contribution in [0.1, 0.15) is 96.3 Å². The second-order valence-electron chi connectivity index (χ2n) is 10.8. The number of carbonyl (C=O) groups excluding carboxylic acids is 2. The van der Waals surface area contributed by atoms with Gasteiger partial charge in [0.2, 0.25) is 0 Å². The van der Waals surface area contributed by atoms with Gasteiger partial charge in [0.25, 0.3) is 0 Å². The number of rotatable bonds is 6. The molecule has 3 aromatic rings. The zero-order chi connectivity index (χ0) is 28.9. The van der Waals surface area contributed by atoms with Crippen LogP contribution < -0.4 is 5.32 Å². The molecule has 1 aliphatic carbocycles.